The zero-order chi connectivity index (χ0) is 12.5. The van der Waals surface area contributed by atoms with Crippen LogP contribution in [0.1, 0.15) is 27.2 Å². The number of piperidine rings is 1. The molecule has 0 unspecified atom stereocenters. The van der Waals surface area contributed by atoms with Crippen LogP contribution >= 0.6 is 11.8 Å². The molecule has 0 spiro atoms. The van der Waals surface area contributed by atoms with Crippen molar-refractivity contribution < 1.29 is 9.53 Å². The molecule has 98 valence electrons. The van der Waals surface area contributed by atoms with Gasteiger partial charge in [0.15, 0.2) is 0 Å². The Balaban J connectivity index is 1.89. The lowest BCUT2D eigenvalue weighted by molar-refractivity contribution is 0.0203. The molecule has 0 bridgehead atoms. The van der Waals surface area contributed by atoms with Crippen molar-refractivity contribution in [1.82, 2.24) is 10.2 Å². The zero-order valence-electron chi connectivity index (χ0n) is 10.9. The molecule has 1 N–H and O–H groups in total. The minimum atomic E-state index is -0.397. The van der Waals surface area contributed by atoms with Gasteiger partial charge in [0.25, 0.3) is 0 Å². The van der Waals surface area contributed by atoms with Crippen molar-refractivity contribution in [2.75, 3.05) is 25.4 Å². The molecule has 2 aliphatic rings. The number of hydrogen-bond donors (Lipinski definition) is 1. The first-order chi connectivity index (χ1) is 7.96. The Morgan fingerprint density at radius 3 is 2.94 bits per heavy atom. The summed E-state index contributed by atoms with van der Waals surface area (Å²) in [7, 11) is 0. The van der Waals surface area contributed by atoms with Crippen molar-refractivity contribution in [3.05, 3.63) is 0 Å². The first-order valence-corrected chi connectivity index (χ1v) is 7.33. The van der Waals surface area contributed by atoms with Gasteiger partial charge < -0.3 is 15.0 Å². The largest absolute Gasteiger partial charge is 0.444 e. The maximum absolute atomic E-state index is 12.0. The minimum Gasteiger partial charge on any atom is -0.444 e. The van der Waals surface area contributed by atoms with Crippen LogP contribution < -0.4 is 5.32 Å². The quantitative estimate of drug-likeness (QED) is 0.718. The summed E-state index contributed by atoms with van der Waals surface area (Å²) in [5.41, 5.74) is -0.397. The van der Waals surface area contributed by atoms with Crippen LogP contribution in [0, 0.1) is 0 Å². The third-order valence-electron chi connectivity index (χ3n) is 3.05. The van der Waals surface area contributed by atoms with E-state index < -0.39 is 5.60 Å². The Labute approximate surface area is 107 Å². The van der Waals surface area contributed by atoms with Crippen LogP contribution in [0.15, 0.2) is 0 Å². The van der Waals surface area contributed by atoms with E-state index in [1.165, 1.54) is 0 Å². The molecule has 17 heavy (non-hydrogen) atoms. The molecule has 0 aromatic rings. The maximum atomic E-state index is 12.0. The molecule has 4 nitrogen and oxygen atoms in total. The molecular formula is C12H22N2O2S. The van der Waals surface area contributed by atoms with Gasteiger partial charge in [0.1, 0.15) is 5.60 Å². The number of ether oxygens (including phenoxy) is 1. The Morgan fingerprint density at radius 2 is 2.24 bits per heavy atom. The lowest BCUT2D eigenvalue weighted by Gasteiger charge is -2.41. The third kappa shape index (κ3) is 3.52. The molecule has 2 saturated heterocycles. The van der Waals surface area contributed by atoms with Crippen molar-refractivity contribution in [1.29, 1.82) is 0 Å². The average molecular weight is 258 g/mol. The highest BCUT2D eigenvalue weighted by Gasteiger charge is 2.34. The number of carbonyl (C=O) groups is 1. The average Bonchev–Trinajstić information content (AvgIpc) is 2.26. The first kappa shape index (κ1) is 13.0. The van der Waals surface area contributed by atoms with E-state index in [9.17, 15) is 4.79 Å². The number of likely N-dealkylation sites (tertiary alicyclic amines) is 1. The van der Waals surface area contributed by atoms with Gasteiger partial charge in [-0.2, -0.15) is 11.8 Å². The van der Waals surface area contributed by atoms with Crippen LogP contribution in [0.25, 0.3) is 0 Å². The smallest absolute Gasteiger partial charge is 0.410 e. The van der Waals surface area contributed by atoms with E-state index in [0.717, 1.165) is 31.8 Å². The van der Waals surface area contributed by atoms with E-state index in [1.807, 2.05) is 37.4 Å². The van der Waals surface area contributed by atoms with Gasteiger partial charge >= 0.3 is 6.09 Å². The van der Waals surface area contributed by atoms with Crippen LogP contribution in [-0.4, -0.2) is 53.3 Å². The zero-order valence-corrected chi connectivity index (χ0v) is 11.7. The number of hydrogen-bond acceptors (Lipinski definition) is 4. The summed E-state index contributed by atoms with van der Waals surface area (Å²) >= 11 is 1.97. The second kappa shape index (κ2) is 5.06. The molecule has 5 heteroatoms. The van der Waals surface area contributed by atoms with Crippen LogP contribution in [-0.2, 0) is 4.74 Å². The van der Waals surface area contributed by atoms with E-state index in [-0.39, 0.29) is 6.09 Å². The summed E-state index contributed by atoms with van der Waals surface area (Å²) in [5.74, 6) is 1.14. The molecule has 2 fully saturated rings. The maximum Gasteiger partial charge on any atom is 0.410 e. The molecule has 2 heterocycles. The van der Waals surface area contributed by atoms with Crippen molar-refractivity contribution in [2.45, 2.75) is 44.1 Å². The molecule has 2 atom stereocenters. The normalized spacial score (nSPS) is 29.7. The molecule has 0 aromatic carbocycles. The van der Waals surface area contributed by atoms with Gasteiger partial charge in [-0.1, -0.05) is 0 Å². The second-order valence-corrected chi connectivity index (χ2v) is 7.03. The van der Waals surface area contributed by atoms with Crippen molar-refractivity contribution in [3.63, 3.8) is 0 Å². The van der Waals surface area contributed by atoms with Crippen molar-refractivity contribution in [3.8, 4) is 0 Å². The number of fused-ring (bicyclic) bond motifs is 1. The first-order valence-electron chi connectivity index (χ1n) is 6.28. The Morgan fingerprint density at radius 1 is 1.47 bits per heavy atom. The molecule has 1 amide bonds. The topological polar surface area (TPSA) is 41.6 Å². The van der Waals surface area contributed by atoms with Gasteiger partial charge in [-0.05, 0) is 27.2 Å². The van der Waals surface area contributed by atoms with E-state index in [0.29, 0.717) is 11.3 Å². The highest BCUT2D eigenvalue weighted by Crippen LogP contribution is 2.26. The van der Waals surface area contributed by atoms with Gasteiger partial charge in [-0.15, -0.1) is 0 Å². The summed E-state index contributed by atoms with van der Waals surface area (Å²) in [6.45, 7) is 8.46. The van der Waals surface area contributed by atoms with Crippen molar-refractivity contribution in [2.24, 2.45) is 0 Å². The summed E-state index contributed by atoms with van der Waals surface area (Å²) in [4.78, 5) is 13.8. The van der Waals surface area contributed by atoms with Crippen LogP contribution in [0.2, 0.25) is 0 Å². The SMILES string of the molecule is CC(C)(C)OC(=O)N1CC[C@@H]2NCCS[C@H]2C1. The Kier molecular flexibility index (Phi) is 3.88. The number of nitrogens with one attached hydrogen (secondary N) is 1. The molecular weight excluding hydrogens is 236 g/mol. The van der Waals surface area contributed by atoms with Crippen molar-refractivity contribution >= 4 is 17.9 Å². The molecule has 2 rings (SSSR count). The summed E-state index contributed by atoms with van der Waals surface area (Å²) in [6.07, 6.45) is 0.874. The van der Waals surface area contributed by atoms with Gasteiger partial charge in [0, 0.05) is 36.7 Å². The molecule has 0 aliphatic carbocycles. The fourth-order valence-corrected chi connectivity index (χ4v) is 3.55. The standard InChI is InChI=1S/C12H22N2O2S/c1-12(2,3)16-11(15)14-6-4-9-10(8-14)17-7-5-13-9/h9-10,13H,4-8H2,1-3H3/t9-,10-/m0/s1. The van der Waals surface area contributed by atoms with Gasteiger partial charge in [-0.3, -0.25) is 0 Å². The molecule has 0 radical (unpaired) electrons. The summed E-state index contributed by atoms with van der Waals surface area (Å²) < 4.78 is 5.41. The number of rotatable bonds is 0. The van der Waals surface area contributed by atoms with E-state index in [2.05, 4.69) is 5.32 Å². The lowest BCUT2D eigenvalue weighted by atomic mass is 10.0. The highest BCUT2D eigenvalue weighted by molar-refractivity contribution is 8.00. The number of carbonyl (C=O) groups excluding carboxylic acids is 1. The number of thioether (sulfide) groups is 1. The number of amides is 1. The van der Waals surface area contributed by atoms with Gasteiger partial charge in [-0.25, -0.2) is 4.79 Å². The summed E-state index contributed by atoms with van der Waals surface area (Å²) in [5, 5.41) is 4.06. The number of nitrogens with zero attached hydrogens (tertiary/aromatic N) is 1. The van der Waals surface area contributed by atoms with E-state index in [4.69, 9.17) is 4.74 Å². The fourth-order valence-electron chi connectivity index (χ4n) is 2.27. The molecule has 0 saturated carbocycles. The third-order valence-corrected chi connectivity index (χ3v) is 4.40. The lowest BCUT2D eigenvalue weighted by Crippen LogP contribution is -2.56. The molecule has 2 aliphatic heterocycles. The monoisotopic (exact) mass is 258 g/mol. The molecule has 0 aromatic heterocycles. The van der Waals surface area contributed by atoms with Crippen LogP contribution in [0.4, 0.5) is 4.79 Å². The van der Waals surface area contributed by atoms with Crippen LogP contribution in [0.3, 0.4) is 0 Å². The Bertz CT molecular complexity index is 291. The Hall–Kier alpha value is -0.420. The van der Waals surface area contributed by atoms with E-state index in [1.54, 1.807) is 0 Å². The van der Waals surface area contributed by atoms with E-state index >= 15 is 0 Å². The fraction of sp³-hybridized carbons (Fsp3) is 0.917. The van der Waals surface area contributed by atoms with Gasteiger partial charge in [0.05, 0.1) is 0 Å². The second-order valence-electron chi connectivity index (χ2n) is 5.68. The van der Waals surface area contributed by atoms with Gasteiger partial charge in [0.2, 0.25) is 0 Å². The van der Waals surface area contributed by atoms with Crippen LogP contribution in [0.5, 0.6) is 0 Å². The predicted molar refractivity (Wildman–Crippen MR) is 70.5 cm³/mol. The minimum absolute atomic E-state index is 0.165. The highest BCUT2D eigenvalue weighted by atomic mass is 32.2. The predicted octanol–water partition coefficient (Wildman–Crippen LogP) is 1.70. The summed E-state index contributed by atoms with van der Waals surface area (Å²) in [6, 6.07) is 0.576.